The van der Waals surface area contributed by atoms with Crippen LogP contribution in [-0.4, -0.2) is 41.0 Å². The predicted molar refractivity (Wildman–Crippen MR) is 123 cm³/mol. The lowest BCUT2D eigenvalue weighted by Crippen LogP contribution is -2.37. The molecule has 3 aromatic heterocycles. The number of carbonyl (C=O) groups excluding carboxylic acids is 1. The van der Waals surface area contributed by atoms with E-state index >= 15 is 0 Å². The zero-order valence-electron chi connectivity index (χ0n) is 18.0. The first-order valence-corrected chi connectivity index (χ1v) is 11.5. The Hall–Kier alpha value is -3.27. The van der Waals surface area contributed by atoms with Crippen molar-refractivity contribution < 1.29 is 4.79 Å². The molecule has 0 N–H and O–H groups in total. The average molecular weight is 453 g/mol. The lowest BCUT2D eigenvalue weighted by Gasteiger charge is -2.23. The summed E-state index contributed by atoms with van der Waals surface area (Å²) in [6, 6.07) is 8.09. The molecule has 10 heteroatoms. The second-order valence-electron chi connectivity index (χ2n) is 8.18. The van der Waals surface area contributed by atoms with Crippen LogP contribution in [0.3, 0.4) is 0 Å². The zero-order chi connectivity index (χ0) is 22.4. The summed E-state index contributed by atoms with van der Waals surface area (Å²) >= 11 is 1.66. The van der Waals surface area contributed by atoms with Gasteiger partial charge in [-0.05, 0) is 31.4 Å². The fourth-order valence-corrected chi connectivity index (χ4v) is 5.58. The number of para-hydroxylation sites is 1. The molecule has 1 saturated heterocycles. The van der Waals surface area contributed by atoms with E-state index in [2.05, 4.69) is 11.1 Å². The highest BCUT2D eigenvalue weighted by atomic mass is 32.1. The van der Waals surface area contributed by atoms with Gasteiger partial charge < -0.3 is 9.47 Å². The molecule has 0 spiro atoms. The molecular formula is C22H24N6O3S. The number of carbonyl (C=O) groups is 1. The molecular weight excluding hydrogens is 428 g/mol. The molecule has 9 nitrogen and oxygen atoms in total. The number of rotatable bonds is 5. The Morgan fingerprint density at radius 3 is 2.81 bits per heavy atom. The highest BCUT2D eigenvalue weighted by Crippen LogP contribution is 2.36. The summed E-state index contributed by atoms with van der Waals surface area (Å²) in [7, 11) is 3.06. The van der Waals surface area contributed by atoms with E-state index in [1.54, 1.807) is 29.3 Å². The summed E-state index contributed by atoms with van der Waals surface area (Å²) < 4.78 is 5.33. The number of benzene rings is 1. The number of fused-ring (bicyclic) bond motifs is 2. The Morgan fingerprint density at radius 1 is 1.19 bits per heavy atom. The molecule has 5 rings (SSSR count). The molecule has 1 amide bonds. The average Bonchev–Trinajstić information content (AvgIpc) is 3.53. The first-order valence-electron chi connectivity index (χ1n) is 10.7. The number of aromatic nitrogens is 5. The Bertz CT molecular complexity index is 1410. The molecule has 1 atom stereocenters. The van der Waals surface area contributed by atoms with Crippen LogP contribution in [0.2, 0.25) is 0 Å². The van der Waals surface area contributed by atoms with Gasteiger partial charge >= 0.3 is 5.69 Å². The van der Waals surface area contributed by atoms with Gasteiger partial charge in [-0.1, -0.05) is 12.1 Å². The maximum Gasteiger partial charge on any atom is 0.332 e. The quantitative estimate of drug-likeness (QED) is 0.463. The van der Waals surface area contributed by atoms with Gasteiger partial charge in [0.25, 0.3) is 5.56 Å². The van der Waals surface area contributed by atoms with Crippen LogP contribution in [0.4, 0.5) is 0 Å². The van der Waals surface area contributed by atoms with Crippen molar-refractivity contribution in [3.63, 3.8) is 0 Å². The van der Waals surface area contributed by atoms with Gasteiger partial charge in [-0.2, -0.15) is 0 Å². The lowest BCUT2D eigenvalue weighted by atomic mass is 10.2. The van der Waals surface area contributed by atoms with Crippen LogP contribution in [0.15, 0.2) is 40.2 Å². The topological polar surface area (TPSA) is 95.0 Å². The van der Waals surface area contributed by atoms with Crippen molar-refractivity contribution >= 4 is 38.6 Å². The predicted octanol–water partition coefficient (Wildman–Crippen LogP) is 2.19. The minimum Gasteiger partial charge on any atom is -0.333 e. The van der Waals surface area contributed by atoms with Crippen LogP contribution in [0.5, 0.6) is 0 Å². The molecule has 0 radical (unpaired) electrons. The van der Waals surface area contributed by atoms with Gasteiger partial charge in [0, 0.05) is 33.6 Å². The standard InChI is InChI=1S/C22H24N6O3S/c1-25-19-18(21(30)26(2)22(25)31)27(13-23-19)11-6-10-17(29)28-12-5-8-15(28)20-24-14-7-3-4-9-16(14)32-20/h3-4,7,9,13,15H,5-6,8,10-12H2,1-2H3/t15-/m0/s1. The molecule has 32 heavy (non-hydrogen) atoms. The maximum absolute atomic E-state index is 13.0. The summed E-state index contributed by atoms with van der Waals surface area (Å²) in [5.41, 5.74) is 0.949. The highest BCUT2D eigenvalue weighted by Gasteiger charge is 2.31. The molecule has 0 bridgehead atoms. The van der Waals surface area contributed by atoms with Crippen molar-refractivity contribution in [3.8, 4) is 0 Å². The number of thiazole rings is 1. The van der Waals surface area contributed by atoms with Crippen molar-refractivity contribution in [2.24, 2.45) is 14.1 Å². The van der Waals surface area contributed by atoms with E-state index < -0.39 is 5.69 Å². The third-order valence-corrected chi connectivity index (χ3v) is 7.31. The second-order valence-corrected chi connectivity index (χ2v) is 9.25. The minimum atomic E-state index is -0.405. The Morgan fingerprint density at radius 2 is 2.00 bits per heavy atom. The van der Waals surface area contributed by atoms with Crippen LogP contribution < -0.4 is 11.2 Å². The number of hydrogen-bond acceptors (Lipinski definition) is 6. The third kappa shape index (κ3) is 3.35. The van der Waals surface area contributed by atoms with E-state index in [0.717, 1.165) is 39.2 Å². The van der Waals surface area contributed by atoms with E-state index in [9.17, 15) is 14.4 Å². The van der Waals surface area contributed by atoms with Crippen molar-refractivity contribution in [2.45, 2.75) is 38.3 Å². The number of amides is 1. The van der Waals surface area contributed by atoms with Crippen LogP contribution in [0.25, 0.3) is 21.4 Å². The van der Waals surface area contributed by atoms with Crippen molar-refractivity contribution in [3.05, 3.63) is 56.4 Å². The first kappa shape index (κ1) is 20.6. The molecule has 1 aliphatic rings. The number of nitrogens with zero attached hydrogens (tertiary/aromatic N) is 6. The Labute approximate surface area is 187 Å². The van der Waals surface area contributed by atoms with Crippen molar-refractivity contribution in [1.29, 1.82) is 0 Å². The van der Waals surface area contributed by atoms with Crippen LogP contribution in [0, 0.1) is 0 Å². The fraction of sp³-hybridized carbons (Fsp3) is 0.409. The summed E-state index contributed by atoms with van der Waals surface area (Å²) in [6.07, 6.45) is 4.44. The van der Waals surface area contributed by atoms with Crippen LogP contribution in [0.1, 0.15) is 36.7 Å². The van der Waals surface area contributed by atoms with Crippen molar-refractivity contribution in [1.82, 2.24) is 28.6 Å². The molecule has 4 heterocycles. The smallest absolute Gasteiger partial charge is 0.332 e. The molecule has 1 aromatic carbocycles. The molecule has 1 aliphatic heterocycles. The van der Waals surface area contributed by atoms with E-state index in [1.165, 1.54) is 11.6 Å². The molecule has 166 valence electrons. The summed E-state index contributed by atoms with van der Waals surface area (Å²) in [6.45, 7) is 1.23. The maximum atomic E-state index is 13.0. The second kappa shape index (κ2) is 8.01. The Balaban J connectivity index is 1.30. The fourth-order valence-electron chi connectivity index (χ4n) is 4.47. The van der Waals surface area contributed by atoms with Gasteiger partial charge in [0.15, 0.2) is 11.2 Å². The normalized spacial score (nSPS) is 16.4. The van der Waals surface area contributed by atoms with Gasteiger partial charge in [-0.3, -0.25) is 18.7 Å². The van der Waals surface area contributed by atoms with E-state index in [-0.39, 0.29) is 17.5 Å². The highest BCUT2D eigenvalue weighted by molar-refractivity contribution is 7.18. The third-order valence-electron chi connectivity index (χ3n) is 6.18. The summed E-state index contributed by atoms with van der Waals surface area (Å²) in [5, 5.41) is 1.00. The van der Waals surface area contributed by atoms with E-state index in [0.29, 0.717) is 30.6 Å². The molecule has 0 aliphatic carbocycles. The SMILES string of the molecule is Cn1c(=O)c2c(ncn2CCCC(=O)N2CCC[C@H]2c2nc3ccccc3s2)n(C)c1=O. The van der Waals surface area contributed by atoms with Gasteiger partial charge in [0.05, 0.1) is 22.6 Å². The summed E-state index contributed by atoms with van der Waals surface area (Å²) in [4.78, 5) is 48.6. The summed E-state index contributed by atoms with van der Waals surface area (Å²) in [5.74, 6) is 0.108. The number of aryl methyl sites for hydroxylation is 2. The van der Waals surface area contributed by atoms with E-state index in [4.69, 9.17) is 4.98 Å². The van der Waals surface area contributed by atoms with Gasteiger partial charge in [-0.15, -0.1) is 11.3 Å². The molecule has 0 saturated carbocycles. The van der Waals surface area contributed by atoms with Gasteiger partial charge in [-0.25, -0.2) is 14.8 Å². The van der Waals surface area contributed by atoms with Crippen LogP contribution >= 0.6 is 11.3 Å². The van der Waals surface area contributed by atoms with Gasteiger partial charge in [0.1, 0.15) is 5.01 Å². The monoisotopic (exact) mass is 452 g/mol. The van der Waals surface area contributed by atoms with Gasteiger partial charge in [0.2, 0.25) is 5.91 Å². The zero-order valence-corrected chi connectivity index (χ0v) is 18.8. The lowest BCUT2D eigenvalue weighted by molar-refractivity contribution is -0.132. The minimum absolute atomic E-state index is 0.0378. The largest absolute Gasteiger partial charge is 0.333 e. The first-order chi connectivity index (χ1) is 15.5. The van der Waals surface area contributed by atoms with Crippen molar-refractivity contribution in [2.75, 3.05) is 6.54 Å². The molecule has 4 aromatic rings. The van der Waals surface area contributed by atoms with E-state index in [1.807, 2.05) is 23.1 Å². The molecule has 0 unspecified atom stereocenters. The molecule has 1 fully saturated rings. The number of likely N-dealkylation sites (tertiary alicyclic amines) is 1. The van der Waals surface area contributed by atoms with Crippen LogP contribution in [-0.2, 0) is 25.4 Å². The number of hydrogen-bond donors (Lipinski definition) is 0. The number of imidazole rings is 1. The Kier molecular flexibility index (Phi) is 5.16.